The molecule has 2 N–H and O–H groups in total. The zero-order chi connectivity index (χ0) is 14.0. The lowest BCUT2D eigenvalue weighted by atomic mass is 9.75. The topological polar surface area (TPSA) is 45.4 Å². The van der Waals surface area contributed by atoms with Crippen LogP contribution in [0, 0.1) is 5.92 Å². The van der Waals surface area contributed by atoms with E-state index in [9.17, 15) is 0 Å². The highest BCUT2D eigenvalue weighted by Crippen LogP contribution is 2.36. The van der Waals surface area contributed by atoms with E-state index in [0.717, 1.165) is 43.8 Å². The fraction of sp³-hybridized carbons (Fsp3) is 0.800. The smallest absolute Gasteiger partial charge is 0.185 e. The Morgan fingerprint density at radius 2 is 2.10 bits per heavy atom. The first kappa shape index (κ1) is 14.3. The molecule has 1 aliphatic heterocycles. The Morgan fingerprint density at radius 3 is 2.60 bits per heavy atom. The third kappa shape index (κ3) is 2.85. The van der Waals surface area contributed by atoms with Crippen molar-refractivity contribution in [2.75, 3.05) is 37.6 Å². The van der Waals surface area contributed by atoms with Crippen LogP contribution in [0.4, 0.5) is 5.13 Å². The predicted molar refractivity (Wildman–Crippen MR) is 85.3 cm³/mol. The van der Waals surface area contributed by atoms with Crippen LogP contribution in [-0.2, 0) is 0 Å². The zero-order valence-electron chi connectivity index (χ0n) is 12.4. The number of anilines is 1. The summed E-state index contributed by atoms with van der Waals surface area (Å²) in [5.74, 6) is 0.917. The third-order valence-corrected chi connectivity index (χ3v) is 5.96. The van der Waals surface area contributed by atoms with Crippen molar-refractivity contribution in [3.05, 3.63) is 11.6 Å². The monoisotopic (exact) mass is 294 g/mol. The molecule has 20 heavy (non-hydrogen) atoms. The standard InChI is InChI=1S/C15H26N4S/c1-15(12-16,11-13-3-2-4-13)19-8-6-18(7-9-19)14-17-5-10-20-14/h5,10,13H,2-4,6-9,11-12,16H2,1H3. The first-order valence-corrected chi connectivity index (χ1v) is 8.69. The van der Waals surface area contributed by atoms with Gasteiger partial charge in [0.1, 0.15) is 0 Å². The summed E-state index contributed by atoms with van der Waals surface area (Å²) < 4.78 is 0. The molecule has 0 spiro atoms. The van der Waals surface area contributed by atoms with Crippen molar-refractivity contribution in [2.24, 2.45) is 11.7 Å². The maximum Gasteiger partial charge on any atom is 0.185 e. The summed E-state index contributed by atoms with van der Waals surface area (Å²) in [6, 6.07) is 0. The van der Waals surface area contributed by atoms with E-state index in [1.165, 1.54) is 25.7 Å². The fourth-order valence-electron chi connectivity index (χ4n) is 3.47. The van der Waals surface area contributed by atoms with Crippen LogP contribution in [0.15, 0.2) is 11.6 Å². The van der Waals surface area contributed by atoms with Crippen LogP contribution in [0.5, 0.6) is 0 Å². The van der Waals surface area contributed by atoms with E-state index in [2.05, 4.69) is 27.1 Å². The van der Waals surface area contributed by atoms with Crippen molar-refractivity contribution in [2.45, 2.75) is 38.1 Å². The molecular formula is C15H26N4S. The predicted octanol–water partition coefficient (Wildman–Crippen LogP) is 2.17. The van der Waals surface area contributed by atoms with E-state index in [0.29, 0.717) is 0 Å². The molecule has 1 atom stereocenters. The highest BCUT2D eigenvalue weighted by atomic mass is 32.1. The first-order chi connectivity index (χ1) is 9.71. The van der Waals surface area contributed by atoms with E-state index in [1.54, 1.807) is 11.3 Å². The minimum absolute atomic E-state index is 0.194. The summed E-state index contributed by atoms with van der Waals surface area (Å²) in [6.45, 7) is 7.52. The van der Waals surface area contributed by atoms with Crippen LogP contribution in [0.25, 0.3) is 0 Å². The number of nitrogens with zero attached hydrogens (tertiary/aromatic N) is 3. The summed E-state index contributed by atoms with van der Waals surface area (Å²) in [5, 5.41) is 3.22. The maximum atomic E-state index is 6.13. The fourth-order valence-corrected chi connectivity index (χ4v) is 4.17. The largest absolute Gasteiger partial charge is 0.346 e. The second kappa shape index (κ2) is 6.00. The molecule has 0 bridgehead atoms. The Bertz CT molecular complexity index is 410. The second-order valence-corrected chi connectivity index (χ2v) is 7.36. The second-order valence-electron chi connectivity index (χ2n) is 6.49. The van der Waals surface area contributed by atoms with Gasteiger partial charge in [-0.15, -0.1) is 11.3 Å². The molecule has 0 aromatic carbocycles. The molecule has 2 aliphatic rings. The first-order valence-electron chi connectivity index (χ1n) is 7.81. The number of nitrogens with two attached hydrogens (primary N) is 1. The third-order valence-electron chi connectivity index (χ3n) is 5.13. The van der Waals surface area contributed by atoms with Crippen LogP contribution in [-0.4, -0.2) is 48.1 Å². The molecule has 2 heterocycles. The van der Waals surface area contributed by atoms with E-state index in [-0.39, 0.29) is 5.54 Å². The summed E-state index contributed by atoms with van der Waals surface area (Å²) in [7, 11) is 0. The van der Waals surface area contributed by atoms with E-state index < -0.39 is 0 Å². The molecule has 1 saturated carbocycles. The summed E-state index contributed by atoms with van der Waals surface area (Å²) in [5.41, 5.74) is 6.32. The molecule has 1 aromatic rings. The molecular weight excluding hydrogens is 268 g/mol. The normalized spacial score (nSPS) is 24.4. The van der Waals surface area contributed by atoms with Crippen molar-refractivity contribution in [1.29, 1.82) is 0 Å². The van der Waals surface area contributed by atoms with Gasteiger partial charge in [-0.25, -0.2) is 4.98 Å². The van der Waals surface area contributed by atoms with Gasteiger partial charge in [-0.05, 0) is 19.3 Å². The lowest BCUT2D eigenvalue weighted by Gasteiger charge is -2.48. The van der Waals surface area contributed by atoms with Gasteiger partial charge in [0.25, 0.3) is 0 Å². The van der Waals surface area contributed by atoms with Gasteiger partial charge in [-0.2, -0.15) is 0 Å². The Hall–Kier alpha value is -0.650. The van der Waals surface area contributed by atoms with Crippen molar-refractivity contribution in [1.82, 2.24) is 9.88 Å². The Balaban J connectivity index is 1.57. The van der Waals surface area contributed by atoms with Crippen molar-refractivity contribution in [3.63, 3.8) is 0 Å². The maximum absolute atomic E-state index is 6.13. The molecule has 2 fully saturated rings. The average molecular weight is 294 g/mol. The lowest BCUT2D eigenvalue weighted by Crippen LogP contribution is -2.59. The van der Waals surface area contributed by atoms with Crippen LogP contribution < -0.4 is 10.6 Å². The molecule has 3 rings (SSSR count). The lowest BCUT2D eigenvalue weighted by molar-refractivity contribution is 0.0628. The zero-order valence-corrected chi connectivity index (χ0v) is 13.2. The summed E-state index contributed by atoms with van der Waals surface area (Å²) in [4.78, 5) is 9.44. The Kier molecular flexibility index (Phi) is 4.29. The number of thiazole rings is 1. The quantitative estimate of drug-likeness (QED) is 0.904. The Morgan fingerprint density at radius 1 is 1.35 bits per heavy atom. The number of hydrogen-bond donors (Lipinski definition) is 1. The number of hydrogen-bond acceptors (Lipinski definition) is 5. The van der Waals surface area contributed by atoms with Crippen LogP contribution in [0.3, 0.4) is 0 Å². The Labute approximate surface area is 126 Å². The van der Waals surface area contributed by atoms with E-state index >= 15 is 0 Å². The number of piperazine rings is 1. The summed E-state index contributed by atoms with van der Waals surface area (Å²) >= 11 is 1.74. The molecule has 0 radical (unpaired) electrons. The molecule has 1 aromatic heterocycles. The van der Waals surface area contributed by atoms with Gasteiger partial charge in [0.15, 0.2) is 5.13 Å². The summed E-state index contributed by atoms with van der Waals surface area (Å²) in [6.07, 6.45) is 7.42. The molecule has 1 unspecified atom stereocenters. The highest BCUT2D eigenvalue weighted by Gasteiger charge is 2.36. The van der Waals surface area contributed by atoms with Crippen LogP contribution >= 0.6 is 11.3 Å². The van der Waals surface area contributed by atoms with Crippen molar-refractivity contribution in [3.8, 4) is 0 Å². The van der Waals surface area contributed by atoms with Gasteiger partial charge in [-0.3, -0.25) is 4.90 Å². The molecule has 4 nitrogen and oxygen atoms in total. The number of rotatable bonds is 5. The minimum Gasteiger partial charge on any atom is -0.346 e. The molecule has 0 amide bonds. The highest BCUT2D eigenvalue weighted by molar-refractivity contribution is 7.13. The molecule has 112 valence electrons. The van der Waals surface area contributed by atoms with Gasteiger partial charge < -0.3 is 10.6 Å². The molecule has 1 saturated heterocycles. The van der Waals surface area contributed by atoms with Gasteiger partial charge in [0.05, 0.1) is 0 Å². The van der Waals surface area contributed by atoms with Gasteiger partial charge in [0, 0.05) is 49.8 Å². The van der Waals surface area contributed by atoms with E-state index in [4.69, 9.17) is 5.73 Å². The molecule has 1 aliphatic carbocycles. The van der Waals surface area contributed by atoms with Crippen molar-refractivity contribution < 1.29 is 0 Å². The molecule has 5 heteroatoms. The van der Waals surface area contributed by atoms with Crippen molar-refractivity contribution >= 4 is 16.5 Å². The van der Waals surface area contributed by atoms with Gasteiger partial charge >= 0.3 is 0 Å². The van der Waals surface area contributed by atoms with Gasteiger partial charge in [-0.1, -0.05) is 19.3 Å². The van der Waals surface area contributed by atoms with Crippen LogP contribution in [0.2, 0.25) is 0 Å². The average Bonchev–Trinajstić information content (AvgIpc) is 2.97. The minimum atomic E-state index is 0.194. The van der Waals surface area contributed by atoms with Crippen LogP contribution in [0.1, 0.15) is 32.6 Å². The number of aromatic nitrogens is 1. The van der Waals surface area contributed by atoms with E-state index in [1.807, 2.05) is 6.20 Å². The van der Waals surface area contributed by atoms with Gasteiger partial charge in [0.2, 0.25) is 0 Å². The SMILES string of the molecule is CC(CN)(CC1CCC1)N1CCN(c2nccs2)CC1.